The number of methoxy groups -OCH3 is 2. The van der Waals surface area contributed by atoms with Gasteiger partial charge in [0.05, 0.1) is 20.8 Å². The molecule has 0 spiro atoms. The summed E-state index contributed by atoms with van der Waals surface area (Å²) in [5.74, 6) is 0.158. The molecule has 0 saturated carbocycles. The Morgan fingerprint density at radius 3 is 2.55 bits per heavy atom. The minimum Gasteiger partial charge on any atom is -0.493 e. The first-order valence-corrected chi connectivity index (χ1v) is 10.2. The van der Waals surface area contributed by atoms with Crippen molar-refractivity contribution in [2.24, 2.45) is 0 Å². The van der Waals surface area contributed by atoms with E-state index in [1.807, 2.05) is 30.3 Å². The number of ether oxygens (including phenoxy) is 3. The topological polar surface area (TPSA) is 97.3 Å². The van der Waals surface area contributed by atoms with Crippen LogP contribution in [-0.4, -0.2) is 55.3 Å². The molecule has 1 heterocycles. The van der Waals surface area contributed by atoms with Crippen molar-refractivity contribution in [3.8, 4) is 11.5 Å². The van der Waals surface area contributed by atoms with Crippen LogP contribution in [0.2, 0.25) is 0 Å². The molecule has 1 saturated heterocycles. The van der Waals surface area contributed by atoms with Crippen LogP contribution in [-0.2, 0) is 22.6 Å². The summed E-state index contributed by atoms with van der Waals surface area (Å²) in [6.07, 6.45) is 1.89. The molecule has 1 aliphatic rings. The maximum absolute atomic E-state index is 13.0. The molecule has 8 nitrogen and oxygen atoms in total. The largest absolute Gasteiger partial charge is 0.493 e. The van der Waals surface area contributed by atoms with Gasteiger partial charge in [-0.1, -0.05) is 30.3 Å². The van der Waals surface area contributed by atoms with Gasteiger partial charge in [0.15, 0.2) is 11.5 Å². The van der Waals surface area contributed by atoms with Gasteiger partial charge >= 0.3 is 0 Å². The van der Waals surface area contributed by atoms with Crippen molar-refractivity contribution in [1.29, 1.82) is 0 Å². The standard InChI is InChI=1S/C23H28N2O6/c1-29-20-14-18(23(27)25-11-10-19(25)22(26)24-28)13-17(21(20)30-2)9-6-12-31-15-16-7-4-3-5-8-16/h3-5,7-8,13-14,19,28H,6,9-12,15H2,1-2H3,(H,24,26)/t19-/m1/s1. The quantitative estimate of drug-likeness (QED) is 0.343. The van der Waals surface area contributed by atoms with Crippen LogP contribution in [0.25, 0.3) is 0 Å². The van der Waals surface area contributed by atoms with Crippen molar-refractivity contribution in [3.05, 3.63) is 59.2 Å². The average Bonchev–Trinajstić information content (AvgIpc) is 2.77. The van der Waals surface area contributed by atoms with Gasteiger partial charge in [0.2, 0.25) is 0 Å². The van der Waals surface area contributed by atoms with Gasteiger partial charge in [0, 0.05) is 18.7 Å². The van der Waals surface area contributed by atoms with E-state index in [1.54, 1.807) is 24.7 Å². The Kier molecular flexibility index (Phi) is 7.86. The lowest BCUT2D eigenvalue weighted by Gasteiger charge is -2.39. The Labute approximate surface area is 181 Å². The number of hydrogen-bond donors (Lipinski definition) is 2. The van der Waals surface area contributed by atoms with Crippen LogP contribution in [0.3, 0.4) is 0 Å². The molecule has 0 bridgehead atoms. The third-order valence-corrected chi connectivity index (χ3v) is 5.34. The molecule has 3 rings (SSSR count). The van der Waals surface area contributed by atoms with E-state index in [4.69, 9.17) is 19.4 Å². The minimum absolute atomic E-state index is 0.289. The number of nitrogens with one attached hydrogen (secondary N) is 1. The number of benzene rings is 2. The van der Waals surface area contributed by atoms with E-state index in [0.717, 1.165) is 17.5 Å². The Balaban J connectivity index is 1.67. The lowest BCUT2D eigenvalue weighted by Crippen LogP contribution is -2.57. The third-order valence-electron chi connectivity index (χ3n) is 5.34. The number of aryl methyl sites for hydroxylation is 1. The maximum Gasteiger partial charge on any atom is 0.266 e. The first-order chi connectivity index (χ1) is 15.1. The first-order valence-electron chi connectivity index (χ1n) is 10.2. The molecule has 2 amide bonds. The molecule has 2 N–H and O–H groups in total. The van der Waals surface area contributed by atoms with Crippen molar-refractivity contribution in [2.45, 2.75) is 31.9 Å². The van der Waals surface area contributed by atoms with E-state index < -0.39 is 11.9 Å². The Morgan fingerprint density at radius 2 is 1.94 bits per heavy atom. The minimum atomic E-state index is -0.666. The van der Waals surface area contributed by atoms with Crippen LogP contribution in [0.4, 0.5) is 0 Å². The highest BCUT2D eigenvalue weighted by molar-refractivity contribution is 5.99. The van der Waals surface area contributed by atoms with Crippen LogP contribution >= 0.6 is 0 Å². The van der Waals surface area contributed by atoms with E-state index in [1.165, 1.54) is 12.0 Å². The molecule has 166 valence electrons. The molecule has 8 heteroatoms. The summed E-state index contributed by atoms with van der Waals surface area (Å²) in [5.41, 5.74) is 3.97. The van der Waals surface area contributed by atoms with Crippen LogP contribution in [0.15, 0.2) is 42.5 Å². The molecule has 0 radical (unpaired) electrons. The van der Waals surface area contributed by atoms with Crippen molar-refractivity contribution < 1.29 is 29.0 Å². The van der Waals surface area contributed by atoms with Crippen molar-refractivity contribution >= 4 is 11.8 Å². The number of carbonyl (C=O) groups is 2. The number of hydrogen-bond acceptors (Lipinski definition) is 6. The second-order valence-corrected chi connectivity index (χ2v) is 7.29. The van der Waals surface area contributed by atoms with E-state index >= 15 is 0 Å². The highest BCUT2D eigenvalue weighted by atomic mass is 16.5. The van der Waals surface area contributed by atoms with E-state index in [9.17, 15) is 9.59 Å². The maximum atomic E-state index is 13.0. The first kappa shape index (κ1) is 22.6. The number of likely N-dealkylation sites (tertiary alicyclic amines) is 1. The number of carbonyl (C=O) groups excluding carboxylic acids is 2. The van der Waals surface area contributed by atoms with Gasteiger partial charge in [0.1, 0.15) is 6.04 Å². The predicted molar refractivity (Wildman–Crippen MR) is 113 cm³/mol. The van der Waals surface area contributed by atoms with Gasteiger partial charge in [-0.3, -0.25) is 14.8 Å². The lowest BCUT2D eigenvalue weighted by atomic mass is 9.98. The predicted octanol–water partition coefficient (Wildman–Crippen LogP) is 2.57. The SMILES string of the molecule is COc1cc(C(=O)N2CC[C@@H]2C(=O)NO)cc(CCCOCc2ccccc2)c1OC. The zero-order valence-corrected chi connectivity index (χ0v) is 17.8. The second kappa shape index (κ2) is 10.8. The Morgan fingerprint density at radius 1 is 1.16 bits per heavy atom. The molecular formula is C23H28N2O6. The number of hydroxylamine groups is 1. The zero-order valence-electron chi connectivity index (χ0n) is 17.8. The summed E-state index contributed by atoms with van der Waals surface area (Å²) in [6, 6.07) is 12.7. The molecule has 2 aromatic rings. The van der Waals surface area contributed by atoms with Crippen molar-refractivity contribution in [3.63, 3.8) is 0 Å². The average molecular weight is 428 g/mol. The Hall–Kier alpha value is -3.10. The highest BCUT2D eigenvalue weighted by Crippen LogP contribution is 2.34. The molecule has 0 aromatic heterocycles. The van der Waals surface area contributed by atoms with Crippen molar-refractivity contribution in [2.75, 3.05) is 27.4 Å². The monoisotopic (exact) mass is 428 g/mol. The smallest absolute Gasteiger partial charge is 0.266 e. The summed E-state index contributed by atoms with van der Waals surface area (Å²) in [7, 11) is 3.08. The number of rotatable bonds is 10. The van der Waals surface area contributed by atoms with Crippen molar-refractivity contribution in [1.82, 2.24) is 10.4 Å². The molecule has 1 fully saturated rings. The van der Waals surface area contributed by atoms with Crippen LogP contribution in [0.5, 0.6) is 11.5 Å². The summed E-state index contributed by atoms with van der Waals surface area (Å²) < 4.78 is 16.7. The second-order valence-electron chi connectivity index (χ2n) is 7.29. The van der Waals surface area contributed by atoms with E-state index in [2.05, 4.69) is 0 Å². The highest BCUT2D eigenvalue weighted by Gasteiger charge is 2.38. The normalized spacial score (nSPS) is 15.2. The molecule has 31 heavy (non-hydrogen) atoms. The van der Waals surface area contributed by atoms with Gasteiger partial charge in [-0.15, -0.1) is 0 Å². The van der Waals surface area contributed by atoms with Gasteiger partial charge in [-0.05, 0) is 42.5 Å². The molecule has 1 aliphatic heterocycles. The molecule has 2 aromatic carbocycles. The molecular weight excluding hydrogens is 400 g/mol. The molecule has 0 aliphatic carbocycles. The van der Waals surface area contributed by atoms with Gasteiger partial charge in [-0.2, -0.15) is 0 Å². The summed E-state index contributed by atoms with van der Waals surface area (Å²) in [4.78, 5) is 26.1. The van der Waals surface area contributed by atoms with Crippen LogP contribution in [0, 0.1) is 0 Å². The number of nitrogens with zero attached hydrogens (tertiary/aromatic N) is 1. The summed E-state index contributed by atoms with van der Waals surface area (Å²) in [6.45, 7) is 1.56. The fourth-order valence-corrected chi connectivity index (χ4v) is 3.62. The van der Waals surface area contributed by atoms with Crippen LogP contribution < -0.4 is 15.0 Å². The fraction of sp³-hybridized carbons (Fsp3) is 0.391. The summed E-state index contributed by atoms with van der Waals surface area (Å²) >= 11 is 0. The summed E-state index contributed by atoms with van der Waals surface area (Å²) in [5, 5.41) is 8.86. The van der Waals surface area contributed by atoms with E-state index in [-0.39, 0.29) is 5.91 Å². The van der Waals surface area contributed by atoms with Gasteiger partial charge in [0.25, 0.3) is 11.8 Å². The third kappa shape index (κ3) is 5.34. The van der Waals surface area contributed by atoms with Gasteiger partial charge in [-0.25, -0.2) is 5.48 Å². The van der Waals surface area contributed by atoms with Crippen LogP contribution in [0.1, 0.15) is 34.3 Å². The molecule has 0 unspecified atom stereocenters. The number of amides is 2. The Bertz CT molecular complexity index is 902. The fourth-order valence-electron chi connectivity index (χ4n) is 3.62. The lowest BCUT2D eigenvalue weighted by molar-refractivity contribution is -0.137. The zero-order chi connectivity index (χ0) is 22.2. The van der Waals surface area contributed by atoms with E-state index in [0.29, 0.717) is 49.7 Å². The van der Waals surface area contributed by atoms with Gasteiger partial charge < -0.3 is 19.1 Å². The molecule has 1 atom stereocenters.